The molecule has 0 spiro atoms. The molecule has 9 heavy (non-hydrogen) atoms. The van der Waals surface area contributed by atoms with Crippen LogP contribution in [0.25, 0.3) is 0 Å². The lowest BCUT2D eigenvalue weighted by Crippen LogP contribution is -2.23. The molecule has 1 saturated carbocycles. The first kappa shape index (κ1) is 6.57. The summed E-state index contributed by atoms with van der Waals surface area (Å²) in [5.74, 6) is 0.495. The SMILES string of the molecule is N#CC[C@H]1CCC[C@@H]1N. The molecular formula is C7H12N2. The summed E-state index contributed by atoms with van der Waals surface area (Å²) in [6.45, 7) is 0. The van der Waals surface area contributed by atoms with Crippen LogP contribution in [0.3, 0.4) is 0 Å². The lowest BCUT2D eigenvalue weighted by molar-refractivity contribution is 0.491. The summed E-state index contributed by atoms with van der Waals surface area (Å²) >= 11 is 0. The highest BCUT2D eigenvalue weighted by molar-refractivity contribution is 4.86. The second kappa shape index (κ2) is 2.84. The minimum absolute atomic E-state index is 0.310. The number of rotatable bonds is 1. The second-order valence-electron chi connectivity index (χ2n) is 2.72. The van der Waals surface area contributed by atoms with Crippen molar-refractivity contribution in [2.45, 2.75) is 31.7 Å². The predicted molar refractivity (Wildman–Crippen MR) is 35.5 cm³/mol. The molecule has 1 aliphatic carbocycles. The number of nitrogens with zero attached hydrogens (tertiary/aromatic N) is 1. The third-order valence-corrected chi connectivity index (χ3v) is 2.07. The summed E-state index contributed by atoms with van der Waals surface area (Å²) in [5, 5.41) is 8.34. The molecule has 0 aromatic carbocycles. The van der Waals surface area contributed by atoms with Gasteiger partial charge < -0.3 is 5.73 Å². The van der Waals surface area contributed by atoms with Crippen molar-refractivity contribution in [2.75, 3.05) is 0 Å². The molecule has 2 atom stereocenters. The number of hydrogen-bond donors (Lipinski definition) is 1. The molecule has 2 nitrogen and oxygen atoms in total. The molecule has 2 heteroatoms. The zero-order valence-corrected chi connectivity index (χ0v) is 5.51. The smallest absolute Gasteiger partial charge is 0.0625 e. The van der Waals surface area contributed by atoms with Gasteiger partial charge in [0.25, 0.3) is 0 Å². The van der Waals surface area contributed by atoms with Crippen molar-refractivity contribution in [2.24, 2.45) is 11.7 Å². The van der Waals surface area contributed by atoms with Crippen LogP contribution in [0.2, 0.25) is 0 Å². The van der Waals surface area contributed by atoms with Gasteiger partial charge in [-0.15, -0.1) is 0 Å². The van der Waals surface area contributed by atoms with Crippen LogP contribution in [0.5, 0.6) is 0 Å². The van der Waals surface area contributed by atoms with E-state index >= 15 is 0 Å². The van der Waals surface area contributed by atoms with Crippen LogP contribution in [0.15, 0.2) is 0 Å². The summed E-state index contributed by atoms with van der Waals surface area (Å²) in [6.07, 6.45) is 4.15. The van der Waals surface area contributed by atoms with Crippen molar-refractivity contribution >= 4 is 0 Å². The van der Waals surface area contributed by atoms with Crippen molar-refractivity contribution in [1.82, 2.24) is 0 Å². The fourth-order valence-electron chi connectivity index (χ4n) is 1.44. The monoisotopic (exact) mass is 124 g/mol. The summed E-state index contributed by atoms with van der Waals surface area (Å²) < 4.78 is 0. The molecule has 1 fully saturated rings. The van der Waals surface area contributed by atoms with E-state index in [1.165, 1.54) is 6.42 Å². The Hall–Kier alpha value is -0.550. The molecule has 0 aromatic rings. The second-order valence-corrected chi connectivity index (χ2v) is 2.72. The largest absolute Gasteiger partial charge is 0.327 e. The van der Waals surface area contributed by atoms with E-state index in [0.717, 1.165) is 12.8 Å². The molecular weight excluding hydrogens is 112 g/mol. The van der Waals surface area contributed by atoms with Crippen molar-refractivity contribution in [3.63, 3.8) is 0 Å². The minimum atomic E-state index is 0.310. The van der Waals surface area contributed by atoms with Crippen LogP contribution in [0, 0.1) is 17.2 Å². The molecule has 50 valence electrons. The minimum Gasteiger partial charge on any atom is -0.327 e. The number of nitriles is 1. The van der Waals surface area contributed by atoms with E-state index in [-0.39, 0.29) is 0 Å². The quantitative estimate of drug-likeness (QED) is 0.567. The van der Waals surface area contributed by atoms with Gasteiger partial charge in [-0.2, -0.15) is 5.26 Å². The standard InChI is InChI=1S/C7H12N2/c8-5-4-6-2-1-3-7(6)9/h6-7H,1-4,9H2/t6-,7+/m1/s1. The maximum absolute atomic E-state index is 8.34. The maximum atomic E-state index is 8.34. The van der Waals surface area contributed by atoms with E-state index in [4.69, 9.17) is 11.0 Å². The predicted octanol–water partition coefficient (Wildman–Crippen LogP) is 1.03. The maximum Gasteiger partial charge on any atom is 0.0625 e. The van der Waals surface area contributed by atoms with Crippen LogP contribution >= 0.6 is 0 Å². The van der Waals surface area contributed by atoms with Gasteiger partial charge in [0.1, 0.15) is 0 Å². The summed E-state index contributed by atoms with van der Waals surface area (Å²) in [5.41, 5.74) is 5.71. The molecule has 0 unspecified atom stereocenters. The van der Waals surface area contributed by atoms with E-state index in [1.54, 1.807) is 0 Å². The molecule has 1 rings (SSSR count). The van der Waals surface area contributed by atoms with E-state index in [9.17, 15) is 0 Å². The molecule has 0 heterocycles. The van der Waals surface area contributed by atoms with Gasteiger partial charge in [-0.3, -0.25) is 0 Å². The van der Waals surface area contributed by atoms with E-state index < -0.39 is 0 Å². The topological polar surface area (TPSA) is 49.8 Å². The molecule has 0 aliphatic heterocycles. The normalized spacial score (nSPS) is 34.2. The van der Waals surface area contributed by atoms with Gasteiger partial charge in [0.05, 0.1) is 6.07 Å². The Kier molecular flexibility index (Phi) is 2.07. The zero-order valence-electron chi connectivity index (χ0n) is 5.51. The van der Waals surface area contributed by atoms with Crippen molar-refractivity contribution in [3.05, 3.63) is 0 Å². The van der Waals surface area contributed by atoms with E-state index in [0.29, 0.717) is 18.4 Å². The Morgan fingerprint density at radius 2 is 2.33 bits per heavy atom. The third-order valence-electron chi connectivity index (χ3n) is 2.07. The van der Waals surface area contributed by atoms with Crippen LogP contribution < -0.4 is 5.73 Å². The molecule has 0 aromatic heterocycles. The summed E-state index contributed by atoms with van der Waals surface area (Å²) in [4.78, 5) is 0. The molecule has 0 amide bonds. The van der Waals surface area contributed by atoms with Gasteiger partial charge in [-0.05, 0) is 18.8 Å². The van der Waals surface area contributed by atoms with Crippen LogP contribution in [-0.2, 0) is 0 Å². The molecule has 0 saturated heterocycles. The average molecular weight is 124 g/mol. The summed E-state index contributed by atoms with van der Waals surface area (Å²) in [7, 11) is 0. The first-order valence-corrected chi connectivity index (χ1v) is 3.47. The zero-order chi connectivity index (χ0) is 6.69. The van der Waals surface area contributed by atoms with E-state index in [1.807, 2.05) is 0 Å². The Morgan fingerprint density at radius 3 is 2.78 bits per heavy atom. The first-order chi connectivity index (χ1) is 4.34. The van der Waals surface area contributed by atoms with Gasteiger partial charge in [0, 0.05) is 12.5 Å². The average Bonchev–Trinajstić information content (AvgIpc) is 2.18. The van der Waals surface area contributed by atoms with Crippen molar-refractivity contribution < 1.29 is 0 Å². The van der Waals surface area contributed by atoms with Crippen molar-refractivity contribution in [3.8, 4) is 6.07 Å². The molecule has 0 radical (unpaired) electrons. The van der Waals surface area contributed by atoms with Gasteiger partial charge in [-0.25, -0.2) is 0 Å². The Labute approximate surface area is 55.7 Å². The third kappa shape index (κ3) is 1.43. The lowest BCUT2D eigenvalue weighted by atomic mass is 10.0. The van der Waals surface area contributed by atoms with Gasteiger partial charge in [0.2, 0.25) is 0 Å². The van der Waals surface area contributed by atoms with Gasteiger partial charge >= 0.3 is 0 Å². The van der Waals surface area contributed by atoms with E-state index in [2.05, 4.69) is 6.07 Å². The molecule has 2 N–H and O–H groups in total. The Balaban J connectivity index is 2.33. The van der Waals surface area contributed by atoms with Crippen LogP contribution in [0.1, 0.15) is 25.7 Å². The van der Waals surface area contributed by atoms with Crippen LogP contribution in [-0.4, -0.2) is 6.04 Å². The lowest BCUT2D eigenvalue weighted by Gasteiger charge is -2.09. The molecule has 1 aliphatic rings. The fourth-order valence-corrected chi connectivity index (χ4v) is 1.44. The number of hydrogen-bond acceptors (Lipinski definition) is 2. The fraction of sp³-hybridized carbons (Fsp3) is 0.857. The number of nitrogens with two attached hydrogens (primary N) is 1. The Bertz CT molecular complexity index is 125. The molecule has 0 bridgehead atoms. The summed E-state index contributed by atoms with van der Waals surface area (Å²) in [6, 6.07) is 2.47. The van der Waals surface area contributed by atoms with Gasteiger partial charge in [0.15, 0.2) is 0 Å². The van der Waals surface area contributed by atoms with Crippen LogP contribution in [0.4, 0.5) is 0 Å². The first-order valence-electron chi connectivity index (χ1n) is 3.47. The highest BCUT2D eigenvalue weighted by Crippen LogP contribution is 2.25. The van der Waals surface area contributed by atoms with Crippen molar-refractivity contribution in [1.29, 1.82) is 5.26 Å². The highest BCUT2D eigenvalue weighted by atomic mass is 14.7. The van der Waals surface area contributed by atoms with Gasteiger partial charge in [-0.1, -0.05) is 6.42 Å². The highest BCUT2D eigenvalue weighted by Gasteiger charge is 2.22. The Morgan fingerprint density at radius 1 is 1.56 bits per heavy atom.